The van der Waals surface area contributed by atoms with Gasteiger partial charge < -0.3 is 16.4 Å². The number of benzene rings is 4. The fraction of sp³-hybridized carbons (Fsp3) is 0.163. The van der Waals surface area contributed by atoms with Gasteiger partial charge in [0.15, 0.2) is 0 Å². The molecule has 2 amide bonds. The maximum Gasteiger partial charge on any atom is 0.241 e. The number of thioether (sulfide) groups is 2. The Morgan fingerprint density at radius 2 is 0.981 bits per heavy atom. The predicted octanol–water partition coefficient (Wildman–Crippen LogP) is 9.50. The molecule has 0 aliphatic carbocycles. The third kappa shape index (κ3) is 14.5. The van der Waals surface area contributed by atoms with Gasteiger partial charge in [0.1, 0.15) is 0 Å². The lowest BCUT2D eigenvalue weighted by Gasteiger charge is -2.12. The van der Waals surface area contributed by atoms with Crippen molar-refractivity contribution in [2.75, 3.05) is 10.6 Å². The normalized spacial score (nSPS) is 11.5. The van der Waals surface area contributed by atoms with Crippen LogP contribution in [0.3, 0.4) is 0 Å². The van der Waals surface area contributed by atoms with Crippen molar-refractivity contribution in [2.45, 2.75) is 47.1 Å². The van der Waals surface area contributed by atoms with Gasteiger partial charge in [-0.1, -0.05) is 79.7 Å². The number of carbonyl (C=O) groups excluding carboxylic acids is 2. The molecule has 2 aromatic heterocycles. The van der Waals surface area contributed by atoms with Crippen LogP contribution in [-0.4, -0.2) is 27.8 Å². The number of carbonyl (C=O) groups is 2. The molecule has 10 heteroatoms. The molecule has 0 aliphatic rings. The molecule has 272 valence electrons. The zero-order valence-corrected chi connectivity index (χ0v) is 32.0. The van der Waals surface area contributed by atoms with Gasteiger partial charge in [0.2, 0.25) is 11.8 Å². The molecule has 4 aromatic carbocycles. The molecule has 0 aliphatic heterocycles. The number of amides is 2. The number of nitrogens with zero attached hydrogens (tertiary/aromatic N) is 2. The molecule has 0 saturated carbocycles. The summed E-state index contributed by atoms with van der Waals surface area (Å²) in [5.74, 6) is 1.58. The molecule has 2 heterocycles. The van der Waals surface area contributed by atoms with E-state index in [-0.39, 0.29) is 30.1 Å². The zero-order valence-electron chi connectivity index (χ0n) is 29.5. The first-order chi connectivity index (χ1) is 25.4. The number of nitrogens with one attached hydrogen (secondary N) is 2. The molecule has 7 nitrogen and oxygen atoms in total. The molecule has 0 saturated heterocycles. The van der Waals surface area contributed by atoms with E-state index in [1.54, 1.807) is 42.1 Å². The summed E-state index contributed by atoms with van der Waals surface area (Å²) in [5.41, 5.74) is 12.2. The maximum absolute atomic E-state index is 12.4. The number of hydrogen-bond donors (Lipinski definition) is 3. The lowest BCUT2D eigenvalue weighted by atomic mass is 10.0. The second kappa shape index (κ2) is 22.2. The minimum Gasteiger partial charge on any atom is -0.326 e. The van der Waals surface area contributed by atoms with Crippen LogP contribution < -0.4 is 16.4 Å². The van der Waals surface area contributed by atoms with Crippen LogP contribution in [0.15, 0.2) is 168 Å². The fourth-order valence-electron chi connectivity index (χ4n) is 5.08. The first kappa shape index (κ1) is 40.8. The van der Waals surface area contributed by atoms with E-state index >= 15 is 0 Å². The summed E-state index contributed by atoms with van der Waals surface area (Å²) in [6.45, 7) is 1.94. The molecule has 53 heavy (non-hydrogen) atoms. The molecule has 0 radical (unpaired) electrons. The highest BCUT2D eigenvalue weighted by molar-refractivity contribution is 7.98. The Kier molecular flexibility index (Phi) is 17.1. The van der Waals surface area contributed by atoms with Crippen molar-refractivity contribution in [3.05, 3.63) is 181 Å². The van der Waals surface area contributed by atoms with Crippen LogP contribution in [0, 0.1) is 5.92 Å². The van der Waals surface area contributed by atoms with E-state index in [9.17, 15) is 9.59 Å². The van der Waals surface area contributed by atoms with Gasteiger partial charge >= 0.3 is 0 Å². The molecule has 6 rings (SSSR count). The molecule has 0 unspecified atom stereocenters. The van der Waals surface area contributed by atoms with E-state index in [0.29, 0.717) is 12.8 Å². The van der Waals surface area contributed by atoms with Crippen molar-refractivity contribution in [2.24, 2.45) is 11.7 Å². The third-order valence-electron chi connectivity index (χ3n) is 7.97. The number of halogens is 1. The van der Waals surface area contributed by atoms with Crippen molar-refractivity contribution in [1.82, 2.24) is 9.97 Å². The van der Waals surface area contributed by atoms with Crippen LogP contribution in [0.1, 0.15) is 29.2 Å². The average molecular weight is 762 g/mol. The number of nitrogens with two attached hydrogens (primary N) is 1. The van der Waals surface area contributed by atoms with Gasteiger partial charge in [-0.3, -0.25) is 19.6 Å². The van der Waals surface area contributed by atoms with Gasteiger partial charge in [-0.15, -0.1) is 35.9 Å². The summed E-state index contributed by atoms with van der Waals surface area (Å²) in [4.78, 5) is 35.1. The van der Waals surface area contributed by atoms with E-state index in [4.69, 9.17) is 5.73 Å². The van der Waals surface area contributed by atoms with Crippen LogP contribution >= 0.6 is 35.9 Å². The van der Waals surface area contributed by atoms with Gasteiger partial charge in [0.05, 0.1) is 6.04 Å². The summed E-state index contributed by atoms with van der Waals surface area (Å²) >= 11 is 3.55. The minimum absolute atomic E-state index is 0. The summed E-state index contributed by atoms with van der Waals surface area (Å²) in [6.07, 6.45) is 8.13. The van der Waals surface area contributed by atoms with Crippen molar-refractivity contribution in [3.8, 4) is 0 Å². The van der Waals surface area contributed by atoms with Crippen molar-refractivity contribution >= 4 is 59.1 Å². The van der Waals surface area contributed by atoms with Crippen LogP contribution in [0.5, 0.6) is 0 Å². The van der Waals surface area contributed by atoms with Gasteiger partial charge in [0, 0.05) is 63.4 Å². The molecule has 0 spiro atoms. The Hall–Kier alpha value is -4.93. The van der Waals surface area contributed by atoms with Crippen molar-refractivity contribution in [1.29, 1.82) is 0 Å². The summed E-state index contributed by atoms with van der Waals surface area (Å²) < 4.78 is 0. The molecule has 2 atom stereocenters. The lowest BCUT2D eigenvalue weighted by Crippen LogP contribution is -2.37. The molecular weight excluding hydrogens is 718 g/mol. The Morgan fingerprint density at radius 1 is 0.566 bits per heavy atom. The van der Waals surface area contributed by atoms with Crippen LogP contribution in [-0.2, 0) is 33.9 Å². The largest absolute Gasteiger partial charge is 0.326 e. The Labute approximate surface area is 327 Å². The number of aromatic nitrogens is 2. The highest BCUT2D eigenvalue weighted by atomic mass is 35.5. The molecule has 6 aromatic rings. The SMILES string of the molecule is C[C@@H](Cc1cccnc1)C(=O)Nc1ccc(SCc2ccccc2)cc1.Cl.N[C@@H](Cc1cccnc1)C(=O)Nc1ccc(SCc2ccccc2)cc1. The first-order valence-electron chi connectivity index (χ1n) is 17.1. The first-order valence-corrected chi connectivity index (χ1v) is 19.1. The second-order valence-electron chi connectivity index (χ2n) is 12.2. The minimum atomic E-state index is -0.605. The second-order valence-corrected chi connectivity index (χ2v) is 14.3. The summed E-state index contributed by atoms with van der Waals surface area (Å²) in [5, 5.41) is 5.86. The maximum atomic E-state index is 12.4. The molecule has 0 bridgehead atoms. The van der Waals surface area contributed by atoms with E-state index in [0.717, 1.165) is 38.9 Å². The predicted molar refractivity (Wildman–Crippen MR) is 222 cm³/mol. The van der Waals surface area contributed by atoms with Crippen molar-refractivity contribution < 1.29 is 9.59 Å². The van der Waals surface area contributed by atoms with Crippen molar-refractivity contribution in [3.63, 3.8) is 0 Å². The van der Waals surface area contributed by atoms with Gasteiger partial charge in [-0.2, -0.15) is 0 Å². The quantitative estimate of drug-likeness (QED) is 0.0949. The Morgan fingerprint density at radius 3 is 1.42 bits per heavy atom. The van der Waals surface area contributed by atoms with Gasteiger partial charge in [0.25, 0.3) is 0 Å². The van der Waals surface area contributed by atoms with E-state index < -0.39 is 6.04 Å². The van der Waals surface area contributed by atoms with Gasteiger partial charge in [-0.05, 0) is 95.8 Å². The Bertz CT molecular complexity index is 1790. The van der Waals surface area contributed by atoms with Crippen LogP contribution in [0.4, 0.5) is 11.4 Å². The van der Waals surface area contributed by atoms with E-state index in [1.807, 2.05) is 98.0 Å². The highest BCUT2D eigenvalue weighted by Gasteiger charge is 2.15. The Balaban J connectivity index is 0.000000232. The molecular formula is C43H44ClN5O2S2. The number of pyridine rings is 2. The smallest absolute Gasteiger partial charge is 0.241 e. The monoisotopic (exact) mass is 761 g/mol. The highest BCUT2D eigenvalue weighted by Crippen LogP contribution is 2.25. The number of rotatable bonds is 14. The third-order valence-corrected chi connectivity index (χ3v) is 10.1. The number of anilines is 2. The summed E-state index contributed by atoms with van der Waals surface area (Å²) in [6, 6.07) is 43.6. The van der Waals surface area contributed by atoms with Crippen LogP contribution in [0.2, 0.25) is 0 Å². The molecule has 0 fully saturated rings. The zero-order chi connectivity index (χ0) is 36.4. The lowest BCUT2D eigenvalue weighted by molar-refractivity contribution is -0.119. The van der Waals surface area contributed by atoms with E-state index in [1.165, 1.54) is 16.0 Å². The van der Waals surface area contributed by atoms with Crippen LogP contribution in [0.25, 0.3) is 0 Å². The topological polar surface area (TPSA) is 110 Å². The van der Waals surface area contributed by atoms with Gasteiger partial charge in [-0.25, -0.2) is 0 Å². The van der Waals surface area contributed by atoms with E-state index in [2.05, 4.69) is 69.1 Å². The average Bonchev–Trinajstić information content (AvgIpc) is 3.19. The standard InChI is InChI=1S/C22H22N2OS.C21H21N3OS.ClH/c1-17(14-19-8-5-13-23-15-19)22(25)24-20-9-11-21(12-10-20)26-16-18-6-3-2-4-7-18;22-20(13-17-7-4-12-23-14-17)21(25)24-18-8-10-19(11-9-18)26-15-16-5-2-1-3-6-16;/h2-13,15,17H,14,16H2,1H3,(H,24,25);1-12,14,20H,13,15,22H2,(H,24,25);1H/t17-;20-;/m00./s1. The number of hydrogen-bond acceptors (Lipinski definition) is 7. The fourth-order valence-corrected chi connectivity index (χ4v) is 6.79. The molecule has 4 N–H and O–H groups in total. The summed E-state index contributed by atoms with van der Waals surface area (Å²) in [7, 11) is 0.